The summed E-state index contributed by atoms with van der Waals surface area (Å²) >= 11 is 0. The molecule has 0 aliphatic rings. The van der Waals surface area contributed by atoms with Crippen LogP contribution in [0.1, 0.15) is 16.7 Å². The van der Waals surface area contributed by atoms with Crippen LogP contribution in [0.3, 0.4) is 0 Å². The lowest BCUT2D eigenvalue weighted by Gasteiger charge is -2.04. The number of para-hydroxylation sites is 1. The minimum absolute atomic E-state index is 0.415. The monoisotopic (exact) mass is 236 g/mol. The third-order valence-electron chi connectivity index (χ3n) is 2.68. The van der Waals surface area contributed by atoms with E-state index in [1.807, 2.05) is 43.3 Å². The summed E-state index contributed by atoms with van der Waals surface area (Å²) in [6.45, 7) is 4.51. The van der Waals surface area contributed by atoms with Crippen molar-refractivity contribution in [2.75, 3.05) is 6.61 Å². The predicted molar refractivity (Wildman–Crippen MR) is 74.7 cm³/mol. The molecule has 1 heteroatoms. The van der Waals surface area contributed by atoms with E-state index in [4.69, 9.17) is 4.74 Å². The maximum absolute atomic E-state index is 5.61. The third kappa shape index (κ3) is 3.40. The van der Waals surface area contributed by atoms with Crippen LogP contribution in [0, 0.1) is 25.7 Å². The van der Waals surface area contributed by atoms with Crippen molar-refractivity contribution in [3.8, 4) is 17.6 Å². The normalized spacial score (nSPS) is 9.44. The fourth-order valence-corrected chi connectivity index (χ4v) is 1.61. The maximum atomic E-state index is 5.61. The average molecular weight is 236 g/mol. The molecule has 0 atom stereocenters. The fourth-order valence-electron chi connectivity index (χ4n) is 1.61. The lowest BCUT2D eigenvalue weighted by Crippen LogP contribution is -1.95. The highest BCUT2D eigenvalue weighted by atomic mass is 16.5. The molecule has 0 saturated carbocycles. The standard InChI is InChI=1S/C17H16O/c1-14-9-11-16(12-10-14)7-5-13-18-17-8-4-3-6-15(17)2/h3-4,6,8-12H,13H2,1-2H3. The molecule has 0 amide bonds. The SMILES string of the molecule is Cc1ccc(C#CCOc2ccccc2C)cc1. The fraction of sp³-hybridized carbons (Fsp3) is 0.176. The van der Waals surface area contributed by atoms with Gasteiger partial charge in [-0.15, -0.1) is 0 Å². The van der Waals surface area contributed by atoms with Gasteiger partial charge >= 0.3 is 0 Å². The van der Waals surface area contributed by atoms with Gasteiger partial charge in [-0.3, -0.25) is 0 Å². The molecule has 2 aromatic rings. The highest BCUT2D eigenvalue weighted by Crippen LogP contribution is 2.15. The van der Waals surface area contributed by atoms with Crippen LogP contribution >= 0.6 is 0 Å². The van der Waals surface area contributed by atoms with E-state index in [1.54, 1.807) is 0 Å². The molecule has 0 N–H and O–H groups in total. The van der Waals surface area contributed by atoms with Crippen molar-refractivity contribution in [2.45, 2.75) is 13.8 Å². The van der Waals surface area contributed by atoms with Gasteiger partial charge in [0.25, 0.3) is 0 Å². The first kappa shape index (κ1) is 12.3. The average Bonchev–Trinajstić information content (AvgIpc) is 2.39. The van der Waals surface area contributed by atoms with Crippen LogP contribution in [0.15, 0.2) is 48.5 Å². The van der Waals surface area contributed by atoms with Gasteiger partial charge in [0.15, 0.2) is 0 Å². The van der Waals surface area contributed by atoms with E-state index in [9.17, 15) is 0 Å². The Balaban J connectivity index is 1.93. The summed E-state index contributed by atoms with van der Waals surface area (Å²) in [4.78, 5) is 0. The topological polar surface area (TPSA) is 9.23 Å². The predicted octanol–water partition coefficient (Wildman–Crippen LogP) is 3.73. The molecule has 2 rings (SSSR count). The number of hydrogen-bond donors (Lipinski definition) is 0. The Labute approximate surface area is 108 Å². The molecule has 0 fully saturated rings. The van der Waals surface area contributed by atoms with Crippen LogP contribution in [0.25, 0.3) is 0 Å². The van der Waals surface area contributed by atoms with Crippen LogP contribution < -0.4 is 4.74 Å². The minimum atomic E-state index is 0.415. The summed E-state index contributed by atoms with van der Waals surface area (Å²) in [6.07, 6.45) is 0. The number of hydrogen-bond acceptors (Lipinski definition) is 1. The maximum Gasteiger partial charge on any atom is 0.149 e. The first-order valence-corrected chi connectivity index (χ1v) is 6.00. The zero-order valence-corrected chi connectivity index (χ0v) is 10.7. The minimum Gasteiger partial charge on any atom is -0.481 e. The molecule has 1 nitrogen and oxygen atoms in total. The smallest absolute Gasteiger partial charge is 0.149 e. The molecule has 18 heavy (non-hydrogen) atoms. The van der Waals surface area contributed by atoms with Gasteiger partial charge in [0.1, 0.15) is 12.4 Å². The van der Waals surface area contributed by atoms with Crippen molar-refractivity contribution >= 4 is 0 Å². The summed E-state index contributed by atoms with van der Waals surface area (Å²) in [5, 5.41) is 0. The van der Waals surface area contributed by atoms with Crippen molar-refractivity contribution in [1.29, 1.82) is 0 Å². The van der Waals surface area contributed by atoms with E-state index in [1.165, 1.54) is 5.56 Å². The Kier molecular flexibility index (Phi) is 4.04. The number of rotatable bonds is 2. The van der Waals surface area contributed by atoms with Crippen molar-refractivity contribution in [2.24, 2.45) is 0 Å². The molecule has 0 unspecified atom stereocenters. The van der Waals surface area contributed by atoms with Gasteiger partial charge in [0.2, 0.25) is 0 Å². The van der Waals surface area contributed by atoms with E-state index >= 15 is 0 Å². The van der Waals surface area contributed by atoms with E-state index < -0.39 is 0 Å². The molecule has 0 radical (unpaired) electrons. The Bertz CT molecular complexity index is 571. The zero-order chi connectivity index (χ0) is 12.8. The van der Waals surface area contributed by atoms with Crippen LogP contribution in [-0.4, -0.2) is 6.61 Å². The van der Waals surface area contributed by atoms with Gasteiger partial charge in [0, 0.05) is 5.56 Å². The van der Waals surface area contributed by atoms with Crippen LogP contribution in [-0.2, 0) is 0 Å². The van der Waals surface area contributed by atoms with Gasteiger partial charge in [-0.05, 0) is 37.6 Å². The third-order valence-corrected chi connectivity index (χ3v) is 2.68. The molecular formula is C17H16O. The molecule has 2 aromatic carbocycles. The summed E-state index contributed by atoms with van der Waals surface area (Å²) < 4.78 is 5.61. The lowest BCUT2D eigenvalue weighted by atomic mass is 10.2. The van der Waals surface area contributed by atoms with Gasteiger partial charge in [-0.1, -0.05) is 47.7 Å². The molecule has 0 heterocycles. The Morgan fingerprint density at radius 2 is 1.67 bits per heavy atom. The van der Waals surface area contributed by atoms with Gasteiger partial charge < -0.3 is 4.74 Å². The van der Waals surface area contributed by atoms with E-state index in [-0.39, 0.29) is 0 Å². The second-order valence-electron chi connectivity index (χ2n) is 4.22. The highest BCUT2D eigenvalue weighted by molar-refractivity contribution is 5.36. The zero-order valence-electron chi connectivity index (χ0n) is 10.7. The van der Waals surface area contributed by atoms with Gasteiger partial charge in [-0.2, -0.15) is 0 Å². The Hall–Kier alpha value is -2.20. The molecule has 0 spiro atoms. The second kappa shape index (κ2) is 5.93. The molecule has 0 aromatic heterocycles. The Morgan fingerprint density at radius 1 is 0.944 bits per heavy atom. The molecule has 0 bridgehead atoms. The number of ether oxygens (including phenoxy) is 1. The van der Waals surface area contributed by atoms with Crippen LogP contribution in [0.4, 0.5) is 0 Å². The quantitative estimate of drug-likeness (QED) is 0.722. The molecular weight excluding hydrogens is 220 g/mol. The molecule has 0 aliphatic carbocycles. The van der Waals surface area contributed by atoms with Crippen LogP contribution in [0.5, 0.6) is 5.75 Å². The summed E-state index contributed by atoms with van der Waals surface area (Å²) in [7, 11) is 0. The summed E-state index contributed by atoms with van der Waals surface area (Å²) in [6, 6.07) is 16.1. The Morgan fingerprint density at radius 3 is 2.39 bits per heavy atom. The number of aryl methyl sites for hydroxylation is 2. The van der Waals surface area contributed by atoms with E-state index in [0.29, 0.717) is 6.61 Å². The van der Waals surface area contributed by atoms with Crippen molar-refractivity contribution in [3.63, 3.8) is 0 Å². The first-order chi connectivity index (χ1) is 8.75. The lowest BCUT2D eigenvalue weighted by molar-refractivity contribution is 0.367. The highest BCUT2D eigenvalue weighted by Gasteiger charge is 1.94. The van der Waals surface area contributed by atoms with Crippen LogP contribution in [0.2, 0.25) is 0 Å². The van der Waals surface area contributed by atoms with Gasteiger partial charge in [0.05, 0.1) is 0 Å². The van der Waals surface area contributed by atoms with E-state index in [0.717, 1.165) is 16.9 Å². The van der Waals surface area contributed by atoms with Crippen molar-refractivity contribution in [1.82, 2.24) is 0 Å². The first-order valence-electron chi connectivity index (χ1n) is 6.00. The van der Waals surface area contributed by atoms with Crippen molar-refractivity contribution in [3.05, 3.63) is 65.2 Å². The summed E-state index contributed by atoms with van der Waals surface area (Å²) in [5.74, 6) is 7.01. The molecule has 90 valence electrons. The molecule has 0 aliphatic heterocycles. The second-order valence-corrected chi connectivity index (χ2v) is 4.22. The summed E-state index contributed by atoms with van der Waals surface area (Å²) in [5.41, 5.74) is 3.40. The van der Waals surface area contributed by atoms with Crippen molar-refractivity contribution < 1.29 is 4.74 Å². The van der Waals surface area contributed by atoms with Gasteiger partial charge in [-0.25, -0.2) is 0 Å². The molecule has 0 saturated heterocycles. The van der Waals surface area contributed by atoms with E-state index in [2.05, 4.69) is 30.9 Å². The largest absolute Gasteiger partial charge is 0.481 e. The number of benzene rings is 2.